The maximum absolute atomic E-state index is 12.8. The van der Waals surface area contributed by atoms with E-state index in [-0.39, 0.29) is 31.1 Å². The van der Waals surface area contributed by atoms with Crippen LogP contribution < -0.4 is 0 Å². The van der Waals surface area contributed by atoms with Crippen LogP contribution in [0, 0.1) is 0 Å². The van der Waals surface area contributed by atoms with Gasteiger partial charge in [0.2, 0.25) is 0 Å². The molecule has 6 nitrogen and oxygen atoms in total. The Balaban J connectivity index is 4.36. The fraction of sp³-hybridized carbons (Fsp3) is 0.750. The molecule has 6 heteroatoms. The van der Waals surface area contributed by atoms with E-state index in [0.29, 0.717) is 19.3 Å². The van der Waals surface area contributed by atoms with Crippen LogP contribution in [0.15, 0.2) is 72.9 Å². The first kappa shape index (κ1) is 62.8. The highest BCUT2D eigenvalue weighted by Crippen LogP contribution is 2.16. The average Bonchev–Trinajstić information content (AvgIpc) is 3.31. The molecular formula is C60H104O6. The van der Waals surface area contributed by atoms with Gasteiger partial charge < -0.3 is 14.2 Å². The van der Waals surface area contributed by atoms with Gasteiger partial charge in [0.15, 0.2) is 6.10 Å². The third kappa shape index (κ3) is 51.8. The van der Waals surface area contributed by atoms with Gasteiger partial charge >= 0.3 is 17.9 Å². The Morgan fingerprint density at radius 2 is 0.591 bits per heavy atom. The number of carbonyl (C=O) groups is 3. The van der Waals surface area contributed by atoms with Gasteiger partial charge in [0.25, 0.3) is 0 Å². The third-order valence-corrected chi connectivity index (χ3v) is 12.0. The molecule has 0 aromatic heterocycles. The van der Waals surface area contributed by atoms with Crippen LogP contribution in [0.5, 0.6) is 0 Å². The first-order valence-corrected chi connectivity index (χ1v) is 27.9. The molecule has 0 rings (SSSR count). The summed E-state index contributed by atoms with van der Waals surface area (Å²) in [6, 6.07) is 0. The van der Waals surface area contributed by atoms with E-state index in [4.69, 9.17) is 14.2 Å². The van der Waals surface area contributed by atoms with Gasteiger partial charge in [-0.15, -0.1) is 0 Å². The first-order chi connectivity index (χ1) is 32.5. The zero-order valence-corrected chi connectivity index (χ0v) is 43.4. The van der Waals surface area contributed by atoms with Crippen molar-refractivity contribution in [2.75, 3.05) is 13.2 Å². The highest BCUT2D eigenvalue weighted by molar-refractivity contribution is 5.71. The lowest BCUT2D eigenvalue weighted by atomic mass is 10.0. The molecule has 0 amide bonds. The molecule has 380 valence electrons. The van der Waals surface area contributed by atoms with Gasteiger partial charge in [-0.3, -0.25) is 14.4 Å². The molecule has 0 N–H and O–H groups in total. The zero-order valence-electron chi connectivity index (χ0n) is 43.4. The van der Waals surface area contributed by atoms with E-state index in [1.165, 1.54) is 135 Å². The Kier molecular flexibility index (Phi) is 51.9. The lowest BCUT2D eigenvalue weighted by molar-refractivity contribution is -0.167. The predicted octanol–water partition coefficient (Wildman–Crippen LogP) is 18.6. The molecule has 0 saturated heterocycles. The van der Waals surface area contributed by atoms with Crippen LogP contribution in [0.25, 0.3) is 0 Å². The maximum atomic E-state index is 12.8. The zero-order chi connectivity index (χ0) is 47.9. The van der Waals surface area contributed by atoms with Gasteiger partial charge in [-0.05, 0) is 83.5 Å². The van der Waals surface area contributed by atoms with Crippen molar-refractivity contribution in [3.63, 3.8) is 0 Å². The van der Waals surface area contributed by atoms with E-state index in [1.54, 1.807) is 0 Å². The van der Waals surface area contributed by atoms with Crippen LogP contribution in [-0.4, -0.2) is 37.2 Å². The molecule has 0 aliphatic rings. The number of ether oxygens (including phenoxy) is 3. The van der Waals surface area contributed by atoms with Gasteiger partial charge in [-0.1, -0.05) is 241 Å². The van der Waals surface area contributed by atoms with Gasteiger partial charge in [-0.2, -0.15) is 0 Å². The van der Waals surface area contributed by atoms with Crippen LogP contribution in [0.1, 0.15) is 271 Å². The van der Waals surface area contributed by atoms with Crippen LogP contribution >= 0.6 is 0 Å². The Bertz CT molecular complexity index is 1240. The molecule has 66 heavy (non-hydrogen) atoms. The number of hydrogen-bond donors (Lipinski definition) is 0. The molecule has 0 radical (unpaired) electrons. The number of esters is 3. The minimum atomic E-state index is -0.791. The molecule has 0 saturated carbocycles. The fourth-order valence-corrected chi connectivity index (χ4v) is 7.82. The highest BCUT2D eigenvalue weighted by atomic mass is 16.6. The number of carbonyl (C=O) groups excluding carboxylic acids is 3. The van der Waals surface area contributed by atoms with Crippen molar-refractivity contribution in [1.82, 2.24) is 0 Å². The summed E-state index contributed by atoms with van der Waals surface area (Å²) in [6.07, 6.45) is 69.0. The summed E-state index contributed by atoms with van der Waals surface area (Å²) >= 11 is 0. The van der Waals surface area contributed by atoms with E-state index in [1.807, 2.05) is 0 Å². The van der Waals surface area contributed by atoms with Crippen LogP contribution in [0.2, 0.25) is 0 Å². The van der Waals surface area contributed by atoms with Crippen LogP contribution in [-0.2, 0) is 28.6 Å². The SMILES string of the molecule is CC/C=C\C/C=C\C/C=C\CCCCCCCCCCCC(=O)OCC(COC(=O)CCCC/C=C\C/C=C\C/C=C\CC)OC(=O)CCCCCCCCCCCCCCCCCCC. The lowest BCUT2D eigenvalue weighted by Gasteiger charge is -2.18. The summed E-state index contributed by atoms with van der Waals surface area (Å²) in [6.45, 7) is 6.40. The van der Waals surface area contributed by atoms with E-state index in [2.05, 4.69) is 93.7 Å². The summed E-state index contributed by atoms with van der Waals surface area (Å²) in [5.41, 5.74) is 0. The Morgan fingerprint density at radius 1 is 0.318 bits per heavy atom. The summed E-state index contributed by atoms with van der Waals surface area (Å²) in [4.78, 5) is 38.1. The van der Waals surface area contributed by atoms with Crippen molar-refractivity contribution in [2.45, 2.75) is 277 Å². The molecule has 0 aliphatic heterocycles. The second-order valence-electron chi connectivity index (χ2n) is 18.4. The van der Waals surface area contributed by atoms with Crippen molar-refractivity contribution in [1.29, 1.82) is 0 Å². The van der Waals surface area contributed by atoms with E-state index in [0.717, 1.165) is 96.3 Å². The molecule has 0 bridgehead atoms. The van der Waals surface area contributed by atoms with E-state index in [9.17, 15) is 14.4 Å². The molecule has 1 atom stereocenters. The quantitative estimate of drug-likeness (QED) is 0.0262. The normalized spacial score (nSPS) is 12.6. The maximum Gasteiger partial charge on any atom is 0.306 e. The molecule has 0 aromatic rings. The van der Waals surface area contributed by atoms with Crippen molar-refractivity contribution >= 4 is 17.9 Å². The lowest BCUT2D eigenvalue weighted by Crippen LogP contribution is -2.30. The third-order valence-electron chi connectivity index (χ3n) is 12.0. The van der Waals surface area contributed by atoms with Crippen LogP contribution in [0.4, 0.5) is 0 Å². The molecule has 1 unspecified atom stereocenters. The smallest absolute Gasteiger partial charge is 0.306 e. The Morgan fingerprint density at radius 3 is 0.955 bits per heavy atom. The Labute approximate surface area is 408 Å². The Hall–Kier alpha value is -3.15. The summed E-state index contributed by atoms with van der Waals surface area (Å²) in [5, 5.41) is 0. The van der Waals surface area contributed by atoms with Crippen molar-refractivity contribution < 1.29 is 28.6 Å². The summed E-state index contributed by atoms with van der Waals surface area (Å²) < 4.78 is 16.8. The highest BCUT2D eigenvalue weighted by Gasteiger charge is 2.19. The topological polar surface area (TPSA) is 78.9 Å². The number of hydrogen-bond acceptors (Lipinski definition) is 6. The van der Waals surface area contributed by atoms with Gasteiger partial charge in [0.05, 0.1) is 0 Å². The molecule has 0 fully saturated rings. The average molecular weight is 921 g/mol. The van der Waals surface area contributed by atoms with Gasteiger partial charge in [0, 0.05) is 19.3 Å². The van der Waals surface area contributed by atoms with Crippen molar-refractivity contribution in [3.05, 3.63) is 72.9 Å². The number of rotatable bonds is 50. The molecule has 0 heterocycles. The summed E-state index contributed by atoms with van der Waals surface area (Å²) in [5.74, 6) is -0.926. The summed E-state index contributed by atoms with van der Waals surface area (Å²) in [7, 11) is 0. The van der Waals surface area contributed by atoms with Crippen LogP contribution in [0.3, 0.4) is 0 Å². The van der Waals surface area contributed by atoms with Crippen molar-refractivity contribution in [3.8, 4) is 0 Å². The predicted molar refractivity (Wildman–Crippen MR) is 284 cm³/mol. The van der Waals surface area contributed by atoms with E-state index >= 15 is 0 Å². The molecular weight excluding hydrogens is 817 g/mol. The van der Waals surface area contributed by atoms with E-state index < -0.39 is 6.10 Å². The number of allylic oxidation sites excluding steroid dienone is 12. The fourth-order valence-electron chi connectivity index (χ4n) is 7.82. The van der Waals surface area contributed by atoms with Crippen molar-refractivity contribution in [2.24, 2.45) is 0 Å². The molecule has 0 aromatic carbocycles. The standard InChI is InChI=1S/C60H104O6/c1-4-7-10-13-16-19-22-25-27-29-30-32-33-35-38-41-44-47-50-53-59(62)65-56-57(55-64-58(61)52-49-46-43-40-37-24-21-18-15-12-9-6-3)66-60(63)54-51-48-45-42-39-36-34-31-28-26-23-20-17-14-11-8-5-2/h7,9-10,12,16,18-19,21,25,27,37,40,57H,4-6,8,11,13-15,17,20,22-24,26,28-36,38-39,41-56H2,1-3H3/b10-7-,12-9-,19-16-,21-18-,27-25-,40-37-. The monoisotopic (exact) mass is 921 g/mol. The minimum absolute atomic E-state index is 0.0885. The largest absolute Gasteiger partial charge is 0.462 e. The second kappa shape index (κ2) is 54.5. The minimum Gasteiger partial charge on any atom is -0.462 e. The second-order valence-corrected chi connectivity index (χ2v) is 18.4. The molecule has 0 aliphatic carbocycles. The first-order valence-electron chi connectivity index (χ1n) is 27.9. The number of unbranched alkanes of at least 4 members (excludes halogenated alkanes) is 27. The van der Waals surface area contributed by atoms with Gasteiger partial charge in [0.1, 0.15) is 13.2 Å². The molecule has 0 spiro atoms. The van der Waals surface area contributed by atoms with Gasteiger partial charge in [-0.25, -0.2) is 0 Å².